The Morgan fingerprint density at radius 3 is 2.00 bits per heavy atom. The number of hydrogen-bond donors (Lipinski definition) is 1. The quantitative estimate of drug-likeness (QED) is 0.575. The van der Waals surface area contributed by atoms with Gasteiger partial charge in [-0.3, -0.25) is 0 Å². The highest BCUT2D eigenvalue weighted by atomic mass is 35.5. The Bertz CT molecular complexity index is 137. The zero-order chi connectivity index (χ0) is 8.86. The third-order valence-corrected chi connectivity index (χ3v) is 2.99. The first-order chi connectivity index (χ1) is 5.77. The van der Waals surface area contributed by atoms with Crippen molar-refractivity contribution in [3.63, 3.8) is 0 Å². The molecule has 0 radical (unpaired) electrons. The Hall–Kier alpha value is -0.0100. The lowest BCUT2D eigenvalue weighted by Crippen LogP contribution is -3.00. The molecule has 1 saturated carbocycles. The van der Waals surface area contributed by atoms with Crippen molar-refractivity contribution in [3.05, 3.63) is 12.7 Å². The first-order valence-electron chi connectivity index (χ1n) is 5.23. The van der Waals surface area contributed by atoms with E-state index >= 15 is 0 Å². The summed E-state index contributed by atoms with van der Waals surface area (Å²) < 4.78 is 0. The summed E-state index contributed by atoms with van der Waals surface area (Å²) in [5.74, 6) is 0. The van der Waals surface area contributed by atoms with Crippen LogP contribution in [0.3, 0.4) is 0 Å². The normalized spacial score (nSPS) is 22.2. The molecule has 0 amide bonds. The minimum atomic E-state index is 0. The molecular formula is C11H22ClN. The van der Waals surface area contributed by atoms with Crippen LogP contribution in [0.2, 0.25) is 0 Å². The van der Waals surface area contributed by atoms with Crippen molar-refractivity contribution in [3.8, 4) is 0 Å². The Balaban J connectivity index is 0.00000144. The second-order valence-corrected chi connectivity index (χ2v) is 4.26. The molecule has 0 saturated heterocycles. The van der Waals surface area contributed by atoms with Gasteiger partial charge in [0, 0.05) is 19.3 Å². The SMILES string of the molecule is C=CCC1([NH3+])CCCCCCC1.[Cl-]. The summed E-state index contributed by atoms with van der Waals surface area (Å²) >= 11 is 0. The van der Waals surface area contributed by atoms with Crippen molar-refractivity contribution in [1.29, 1.82) is 0 Å². The highest BCUT2D eigenvalue weighted by Gasteiger charge is 2.27. The van der Waals surface area contributed by atoms with E-state index in [9.17, 15) is 0 Å². The molecule has 0 aliphatic heterocycles. The van der Waals surface area contributed by atoms with Crippen molar-refractivity contribution >= 4 is 0 Å². The lowest BCUT2D eigenvalue weighted by molar-refractivity contribution is -0.481. The van der Waals surface area contributed by atoms with Crippen molar-refractivity contribution < 1.29 is 18.1 Å². The summed E-state index contributed by atoms with van der Waals surface area (Å²) in [5.41, 5.74) is 4.68. The van der Waals surface area contributed by atoms with Gasteiger partial charge in [-0.25, -0.2) is 0 Å². The van der Waals surface area contributed by atoms with Crippen LogP contribution >= 0.6 is 0 Å². The topological polar surface area (TPSA) is 27.6 Å². The molecule has 0 heterocycles. The standard InChI is InChI=1S/C11H21N.ClH/c1-2-8-11(12)9-6-4-3-5-7-10-11;/h2H,1,3-10,12H2;1H. The Labute approximate surface area is 88.2 Å². The predicted molar refractivity (Wildman–Crippen MR) is 52.8 cm³/mol. The fraction of sp³-hybridized carbons (Fsp3) is 0.818. The summed E-state index contributed by atoms with van der Waals surface area (Å²) in [6.07, 6.45) is 12.8. The highest BCUT2D eigenvalue weighted by molar-refractivity contribution is 4.85. The van der Waals surface area contributed by atoms with Gasteiger partial charge >= 0.3 is 0 Å². The predicted octanol–water partition coefficient (Wildman–Crippen LogP) is -0.708. The van der Waals surface area contributed by atoms with Gasteiger partial charge in [0.2, 0.25) is 0 Å². The van der Waals surface area contributed by atoms with Crippen LogP contribution in [0, 0.1) is 0 Å². The first-order valence-corrected chi connectivity index (χ1v) is 5.23. The molecule has 0 aromatic rings. The van der Waals surface area contributed by atoms with E-state index < -0.39 is 0 Å². The lowest BCUT2D eigenvalue weighted by Gasteiger charge is -2.26. The first kappa shape index (κ1) is 13.0. The largest absolute Gasteiger partial charge is 1.00 e. The third-order valence-electron chi connectivity index (χ3n) is 2.99. The van der Waals surface area contributed by atoms with Crippen molar-refractivity contribution in [1.82, 2.24) is 0 Å². The van der Waals surface area contributed by atoms with E-state index in [1.807, 2.05) is 6.08 Å². The molecule has 13 heavy (non-hydrogen) atoms. The zero-order valence-corrected chi connectivity index (χ0v) is 9.28. The molecule has 0 bridgehead atoms. The maximum atomic E-state index is 4.35. The van der Waals surface area contributed by atoms with Gasteiger partial charge in [-0.05, 0) is 12.8 Å². The van der Waals surface area contributed by atoms with E-state index in [1.165, 1.54) is 44.9 Å². The average molecular weight is 204 g/mol. The molecule has 2 heteroatoms. The summed E-state index contributed by atoms with van der Waals surface area (Å²) in [5, 5.41) is 0. The third kappa shape index (κ3) is 4.68. The van der Waals surface area contributed by atoms with E-state index in [2.05, 4.69) is 12.3 Å². The minimum absolute atomic E-state index is 0. The van der Waals surface area contributed by atoms with Gasteiger partial charge < -0.3 is 18.1 Å². The average Bonchev–Trinajstić information content (AvgIpc) is 1.99. The van der Waals surface area contributed by atoms with Crippen molar-refractivity contribution in [2.45, 2.75) is 56.9 Å². The molecule has 1 rings (SSSR count). The van der Waals surface area contributed by atoms with Gasteiger partial charge in [0.05, 0.1) is 5.54 Å². The second kappa shape index (κ2) is 6.44. The summed E-state index contributed by atoms with van der Waals surface area (Å²) in [6, 6.07) is 0. The lowest BCUT2D eigenvalue weighted by atomic mass is 9.82. The van der Waals surface area contributed by atoms with Gasteiger partial charge in [-0.15, -0.1) is 6.58 Å². The highest BCUT2D eigenvalue weighted by Crippen LogP contribution is 2.25. The number of rotatable bonds is 2. The number of halogens is 1. The summed E-state index contributed by atoms with van der Waals surface area (Å²) in [4.78, 5) is 0. The number of quaternary nitrogens is 1. The molecule has 0 atom stereocenters. The van der Waals surface area contributed by atoms with Gasteiger partial charge in [0.15, 0.2) is 0 Å². The summed E-state index contributed by atoms with van der Waals surface area (Å²) in [7, 11) is 0. The molecule has 1 nitrogen and oxygen atoms in total. The van der Waals surface area contributed by atoms with E-state index in [0.29, 0.717) is 5.54 Å². The van der Waals surface area contributed by atoms with Crippen LogP contribution in [0.5, 0.6) is 0 Å². The van der Waals surface area contributed by atoms with Crippen LogP contribution in [-0.2, 0) is 0 Å². The smallest absolute Gasteiger partial charge is 0.0980 e. The van der Waals surface area contributed by atoms with Gasteiger partial charge in [0.1, 0.15) is 0 Å². The van der Waals surface area contributed by atoms with Crippen LogP contribution in [-0.4, -0.2) is 5.54 Å². The van der Waals surface area contributed by atoms with Crippen LogP contribution in [0.15, 0.2) is 12.7 Å². The van der Waals surface area contributed by atoms with Crippen molar-refractivity contribution in [2.75, 3.05) is 0 Å². The Kier molecular flexibility index (Phi) is 6.44. The Morgan fingerprint density at radius 2 is 1.54 bits per heavy atom. The maximum absolute atomic E-state index is 4.35. The summed E-state index contributed by atoms with van der Waals surface area (Å²) in [6.45, 7) is 3.81. The second-order valence-electron chi connectivity index (χ2n) is 4.26. The van der Waals surface area contributed by atoms with Gasteiger partial charge in [-0.1, -0.05) is 25.3 Å². The minimum Gasteiger partial charge on any atom is -1.00 e. The fourth-order valence-electron chi connectivity index (χ4n) is 2.17. The molecule has 0 aromatic heterocycles. The van der Waals surface area contributed by atoms with E-state index in [-0.39, 0.29) is 12.4 Å². The van der Waals surface area contributed by atoms with E-state index in [1.54, 1.807) is 0 Å². The van der Waals surface area contributed by atoms with Gasteiger partial charge in [0.25, 0.3) is 0 Å². The molecule has 0 unspecified atom stereocenters. The fourth-order valence-corrected chi connectivity index (χ4v) is 2.17. The molecule has 1 aliphatic rings. The molecular weight excluding hydrogens is 182 g/mol. The maximum Gasteiger partial charge on any atom is 0.0980 e. The molecule has 1 fully saturated rings. The molecule has 3 N–H and O–H groups in total. The Morgan fingerprint density at radius 1 is 1.08 bits per heavy atom. The van der Waals surface area contributed by atoms with Crippen LogP contribution in [0.4, 0.5) is 0 Å². The van der Waals surface area contributed by atoms with Crippen molar-refractivity contribution in [2.24, 2.45) is 0 Å². The zero-order valence-electron chi connectivity index (χ0n) is 8.53. The van der Waals surface area contributed by atoms with Crippen LogP contribution < -0.4 is 18.1 Å². The molecule has 0 aromatic carbocycles. The molecule has 1 aliphatic carbocycles. The van der Waals surface area contributed by atoms with Crippen LogP contribution in [0.1, 0.15) is 51.4 Å². The monoisotopic (exact) mass is 203 g/mol. The molecule has 0 spiro atoms. The number of hydrogen-bond acceptors (Lipinski definition) is 0. The molecule has 78 valence electrons. The van der Waals surface area contributed by atoms with E-state index in [4.69, 9.17) is 0 Å². The van der Waals surface area contributed by atoms with Gasteiger partial charge in [-0.2, -0.15) is 0 Å². The van der Waals surface area contributed by atoms with Crippen LogP contribution in [0.25, 0.3) is 0 Å². The van der Waals surface area contributed by atoms with E-state index in [0.717, 1.165) is 6.42 Å².